The molecule has 1 aliphatic heterocycles. The molecule has 0 aliphatic carbocycles. The molecule has 6 nitrogen and oxygen atoms in total. The predicted octanol–water partition coefficient (Wildman–Crippen LogP) is 1.73. The molecule has 0 saturated carbocycles. The second kappa shape index (κ2) is 5.42. The Morgan fingerprint density at radius 1 is 1.47 bits per heavy atom. The van der Waals surface area contributed by atoms with Crippen LogP contribution >= 0.6 is 11.5 Å². The summed E-state index contributed by atoms with van der Waals surface area (Å²) in [6.07, 6.45) is 0.935. The Morgan fingerprint density at radius 3 is 2.53 bits per heavy atom. The number of anilines is 1. The number of carbonyl (C=O) groups is 1. The van der Waals surface area contributed by atoms with Crippen LogP contribution in [0.25, 0.3) is 0 Å². The van der Waals surface area contributed by atoms with E-state index >= 15 is 0 Å². The van der Waals surface area contributed by atoms with E-state index in [9.17, 15) is 9.90 Å². The number of hydrogen-bond acceptors (Lipinski definition) is 6. The first-order valence-corrected chi connectivity index (χ1v) is 7.13. The highest BCUT2D eigenvalue weighted by Crippen LogP contribution is 2.30. The van der Waals surface area contributed by atoms with Crippen molar-refractivity contribution in [2.75, 3.05) is 25.1 Å². The van der Waals surface area contributed by atoms with E-state index in [0.29, 0.717) is 31.8 Å². The molecule has 1 saturated heterocycles. The highest BCUT2D eigenvalue weighted by molar-refractivity contribution is 7.09. The molecule has 0 radical (unpaired) electrons. The number of rotatable bonds is 4. The van der Waals surface area contributed by atoms with Gasteiger partial charge in [-0.2, -0.15) is 4.37 Å². The third kappa shape index (κ3) is 2.71. The van der Waals surface area contributed by atoms with Crippen molar-refractivity contribution in [1.82, 2.24) is 9.36 Å². The van der Waals surface area contributed by atoms with Gasteiger partial charge < -0.3 is 14.7 Å². The van der Waals surface area contributed by atoms with Crippen LogP contribution in [-0.4, -0.2) is 46.2 Å². The van der Waals surface area contributed by atoms with Gasteiger partial charge in [0.05, 0.1) is 0 Å². The Labute approximate surface area is 116 Å². The molecule has 1 N–H and O–H groups in total. The van der Waals surface area contributed by atoms with Gasteiger partial charge in [0.1, 0.15) is 5.82 Å². The molecule has 7 heteroatoms. The number of piperidine rings is 1. The summed E-state index contributed by atoms with van der Waals surface area (Å²) in [4.78, 5) is 17.9. The molecule has 1 fully saturated rings. The quantitative estimate of drug-likeness (QED) is 0.908. The fraction of sp³-hybridized carbons (Fsp3) is 0.750. The maximum atomic E-state index is 11.3. The van der Waals surface area contributed by atoms with E-state index in [-0.39, 0.29) is 0 Å². The molecule has 1 aromatic rings. The highest BCUT2D eigenvalue weighted by Gasteiger charge is 2.42. The van der Waals surface area contributed by atoms with Gasteiger partial charge in [-0.05, 0) is 0 Å². The van der Waals surface area contributed by atoms with Crippen molar-refractivity contribution in [1.29, 1.82) is 0 Å². The third-order valence-corrected chi connectivity index (χ3v) is 4.36. The van der Waals surface area contributed by atoms with Crippen LogP contribution in [0.4, 0.5) is 5.13 Å². The predicted molar refractivity (Wildman–Crippen MR) is 72.8 cm³/mol. The molecule has 0 spiro atoms. The summed E-state index contributed by atoms with van der Waals surface area (Å²) in [5.74, 6) is 0.281. The number of carboxylic acid groups (broad SMARTS) is 1. The summed E-state index contributed by atoms with van der Waals surface area (Å²) in [5, 5.41) is 10.1. The molecule has 1 aliphatic rings. The topological polar surface area (TPSA) is 75.6 Å². The van der Waals surface area contributed by atoms with Gasteiger partial charge in [0, 0.05) is 50.5 Å². The van der Waals surface area contributed by atoms with Crippen LogP contribution in [0.3, 0.4) is 0 Å². The van der Waals surface area contributed by atoms with E-state index in [4.69, 9.17) is 4.74 Å². The zero-order chi connectivity index (χ0) is 14.0. The lowest BCUT2D eigenvalue weighted by Crippen LogP contribution is -2.50. The number of carboxylic acids is 1. The minimum Gasteiger partial charge on any atom is -0.479 e. The molecule has 2 heterocycles. The standard InChI is InChI=1S/C12H19N3O3S/c1-8(2)9-13-11(19-14-9)15-6-4-12(18-3,5-7-15)10(16)17/h8H,4-7H2,1-3H3,(H,16,17). The average Bonchev–Trinajstić information content (AvgIpc) is 2.88. The van der Waals surface area contributed by atoms with Gasteiger partial charge in [-0.15, -0.1) is 0 Å². The number of nitrogens with zero attached hydrogens (tertiary/aromatic N) is 3. The first-order valence-electron chi connectivity index (χ1n) is 6.35. The first-order chi connectivity index (χ1) is 8.98. The van der Waals surface area contributed by atoms with Gasteiger partial charge in [-0.3, -0.25) is 0 Å². The van der Waals surface area contributed by atoms with Crippen molar-refractivity contribution in [3.63, 3.8) is 0 Å². The summed E-state index contributed by atoms with van der Waals surface area (Å²) in [6, 6.07) is 0. The molecule has 0 bridgehead atoms. The molecular weight excluding hydrogens is 266 g/mol. The van der Waals surface area contributed by atoms with E-state index < -0.39 is 11.6 Å². The molecule has 106 valence electrons. The highest BCUT2D eigenvalue weighted by atomic mass is 32.1. The fourth-order valence-corrected chi connectivity index (χ4v) is 3.01. The van der Waals surface area contributed by atoms with Gasteiger partial charge in [-0.25, -0.2) is 9.78 Å². The van der Waals surface area contributed by atoms with Crippen molar-refractivity contribution in [2.45, 2.75) is 38.2 Å². The number of methoxy groups -OCH3 is 1. The number of aliphatic carboxylic acids is 1. The fourth-order valence-electron chi connectivity index (χ4n) is 2.15. The van der Waals surface area contributed by atoms with Crippen LogP contribution < -0.4 is 4.90 Å². The van der Waals surface area contributed by atoms with Gasteiger partial charge >= 0.3 is 5.97 Å². The maximum absolute atomic E-state index is 11.3. The molecular formula is C12H19N3O3S. The smallest absolute Gasteiger partial charge is 0.336 e. The summed E-state index contributed by atoms with van der Waals surface area (Å²) >= 11 is 1.38. The third-order valence-electron chi connectivity index (χ3n) is 3.57. The minimum atomic E-state index is -1.04. The van der Waals surface area contributed by atoms with Gasteiger partial charge in [0.25, 0.3) is 0 Å². The van der Waals surface area contributed by atoms with Crippen molar-refractivity contribution in [3.8, 4) is 0 Å². The van der Waals surface area contributed by atoms with E-state index in [1.807, 2.05) is 0 Å². The van der Waals surface area contributed by atoms with Gasteiger partial charge in [-0.1, -0.05) is 13.8 Å². The van der Waals surface area contributed by atoms with E-state index in [2.05, 4.69) is 28.1 Å². The Balaban J connectivity index is 2.05. The second-order valence-corrected chi connectivity index (χ2v) is 5.81. The first kappa shape index (κ1) is 14.2. The number of aromatic nitrogens is 2. The lowest BCUT2D eigenvalue weighted by atomic mass is 9.91. The SMILES string of the molecule is COC1(C(=O)O)CCN(c2nc(C(C)C)ns2)CC1. The van der Waals surface area contributed by atoms with Crippen molar-refractivity contribution in [2.24, 2.45) is 0 Å². The molecule has 0 atom stereocenters. The summed E-state index contributed by atoms with van der Waals surface area (Å²) in [6.45, 7) is 5.38. The molecule has 0 amide bonds. The zero-order valence-corrected chi connectivity index (χ0v) is 12.2. The van der Waals surface area contributed by atoms with E-state index in [1.165, 1.54) is 18.6 Å². The van der Waals surface area contributed by atoms with Crippen molar-refractivity contribution >= 4 is 22.6 Å². The molecule has 0 aromatic carbocycles. The second-order valence-electron chi connectivity index (χ2n) is 5.08. The Morgan fingerprint density at radius 2 is 2.11 bits per heavy atom. The van der Waals surface area contributed by atoms with Crippen LogP contribution in [0.15, 0.2) is 0 Å². The van der Waals surface area contributed by atoms with E-state index in [0.717, 1.165) is 11.0 Å². The van der Waals surface area contributed by atoms with E-state index in [1.54, 1.807) is 0 Å². The Hall–Kier alpha value is -1.21. The van der Waals surface area contributed by atoms with Crippen LogP contribution in [0.1, 0.15) is 38.4 Å². The Kier molecular flexibility index (Phi) is 4.05. The normalized spacial score (nSPS) is 18.8. The lowest BCUT2D eigenvalue weighted by Gasteiger charge is -2.37. The lowest BCUT2D eigenvalue weighted by molar-refractivity contribution is -0.164. The summed E-state index contributed by atoms with van der Waals surface area (Å²) in [7, 11) is 1.46. The molecule has 0 unspecified atom stereocenters. The maximum Gasteiger partial charge on any atom is 0.336 e. The van der Waals surface area contributed by atoms with Crippen LogP contribution in [0, 0.1) is 0 Å². The zero-order valence-electron chi connectivity index (χ0n) is 11.4. The number of ether oxygens (including phenoxy) is 1. The summed E-state index contributed by atoms with van der Waals surface area (Å²) < 4.78 is 9.53. The number of hydrogen-bond donors (Lipinski definition) is 1. The van der Waals surface area contributed by atoms with Crippen LogP contribution in [0.2, 0.25) is 0 Å². The largest absolute Gasteiger partial charge is 0.479 e. The molecule has 1 aromatic heterocycles. The minimum absolute atomic E-state index is 0.312. The van der Waals surface area contributed by atoms with Gasteiger partial charge in [0.15, 0.2) is 5.60 Å². The summed E-state index contributed by atoms with van der Waals surface area (Å²) in [5.41, 5.74) is -1.04. The Bertz CT molecular complexity index is 453. The molecule has 2 rings (SSSR count). The molecule has 19 heavy (non-hydrogen) atoms. The monoisotopic (exact) mass is 285 g/mol. The van der Waals surface area contributed by atoms with Crippen molar-refractivity contribution in [3.05, 3.63) is 5.82 Å². The van der Waals surface area contributed by atoms with Gasteiger partial charge in [0.2, 0.25) is 5.13 Å². The average molecular weight is 285 g/mol. The van der Waals surface area contributed by atoms with Crippen LogP contribution in [-0.2, 0) is 9.53 Å². The van der Waals surface area contributed by atoms with Crippen LogP contribution in [0.5, 0.6) is 0 Å². The van der Waals surface area contributed by atoms with Crippen molar-refractivity contribution < 1.29 is 14.6 Å².